The Hall–Kier alpha value is -1.90. The van der Waals surface area contributed by atoms with Crippen molar-refractivity contribution in [3.8, 4) is 0 Å². The predicted molar refractivity (Wildman–Crippen MR) is 118 cm³/mol. The van der Waals surface area contributed by atoms with Crippen LogP contribution in [0.4, 0.5) is 0 Å². The molecule has 2 rings (SSSR count). The van der Waals surface area contributed by atoms with Crippen molar-refractivity contribution in [3.05, 3.63) is 22.5 Å². The standard InChI is InChI=1S/C21H34ClN5O3/c1-4-5-10-27-21(22)18(17(2)24-27)7-8-20(29)26-13-11-25(12-14-26)16-19(28)23-9-6-15-30-3/h7-8H,4-6,9-16H2,1-3H3,(H,23,28)/b8-7+. The lowest BCUT2D eigenvalue weighted by atomic mass is 10.2. The Morgan fingerprint density at radius 1 is 1.23 bits per heavy atom. The number of amides is 2. The van der Waals surface area contributed by atoms with Gasteiger partial charge in [-0.3, -0.25) is 19.2 Å². The minimum atomic E-state index is -0.0459. The summed E-state index contributed by atoms with van der Waals surface area (Å²) in [5, 5.41) is 7.93. The Bertz CT molecular complexity index is 726. The van der Waals surface area contributed by atoms with Crippen molar-refractivity contribution in [2.24, 2.45) is 0 Å². The molecule has 1 saturated heterocycles. The predicted octanol–water partition coefficient (Wildman–Crippen LogP) is 1.96. The summed E-state index contributed by atoms with van der Waals surface area (Å²) in [7, 11) is 1.65. The third kappa shape index (κ3) is 7.41. The van der Waals surface area contributed by atoms with E-state index >= 15 is 0 Å². The lowest BCUT2D eigenvalue weighted by Crippen LogP contribution is -2.50. The molecule has 8 nitrogen and oxygen atoms in total. The number of ether oxygens (including phenoxy) is 1. The van der Waals surface area contributed by atoms with E-state index in [9.17, 15) is 9.59 Å². The van der Waals surface area contributed by atoms with Gasteiger partial charge in [0.1, 0.15) is 5.15 Å². The van der Waals surface area contributed by atoms with Gasteiger partial charge in [-0.1, -0.05) is 24.9 Å². The molecule has 1 aliphatic heterocycles. The van der Waals surface area contributed by atoms with Crippen LogP contribution in [0.1, 0.15) is 37.4 Å². The van der Waals surface area contributed by atoms with Gasteiger partial charge in [-0.15, -0.1) is 0 Å². The Labute approximate surface area is 184 Å². The lowest BCUT2D eigenvalue weighted by molar-refractivity contribution is -0.128. The lowest BCUT2D eigenvalue weighted by Gasteiger charge is -2.33. The molecular formula is C21H34ClN5O3. The maximum atomic E-state index is 12.6. The van der Waals surface area contributed by atoms with Crippen molar-refractivity contribution in [1.29, 1.82) is 0 Å². The van der Waals surface area contributed by atoms with E-state index in [1.165, 1.54) is 0 Å². The number of methoxy groups -OCH3 is 1. The van der Waals surface area contributed by atoms with Gasteiger partial charge >= 0.3 is 0 Å². The molecule has 2 heterocycles. The van der Waals surface area contributed by atoms with Crippen LogP contribution in [0.25, 0.3) is 6.08 Å². The molecule has 0 radical (unpaired) electrons. The number of nitrogens with one attached hydrogen (secondary N) is 1. The van der Waals surface area contributed by atoms with Gasteiger partial charge in [-0.05, 0) is 25.8 Å². The average molecular weight is 440 g/mol. The smallest absolute Gasteiger partial charge is 0.246 e. The van der Waals surface area contributed by atoms with Crippen LogP contribution in [-0.2, 0) is 20.9 Å². The molecule has 1 N–H and O–H groups in total. The van der Waals surface area contributed by atoms with Crippen LogP contribution >= 0.6 is 11.6 Å². The highest BCUT2D eigenvalue weighted by Gasteiger charge is 2.21. The van der Waals surface area contributed by atoms with Crippen molar-refractivity contribution in [2.45, 2.75) is 39.7 Å². The first-order valence-electron chi connectivity index (χ1n) is 10.6. The molecule has 1 aliphatic rings. The number of unbranched alkanes of at least 4 members (excludes halogenated alkanes) is 1. The number of piperazine rings is 1. The molecule has 0 spiro atoms. The second kappa shape index (κ2) is 12.7. The molecule has 1 aromatic rings. The van der Waals surface area contributed by atoms with Gasteiger partial charge in [0.25, 0.3) is 0 Å². The molecule has 2 amide bonds. The summed E-state index contributed by atoms with van der Waals surface area (Å²) >= 11 is 6.43. The minimum absolute atomic E-state index is 0.0102. The van der Waals surface area contributed by atoms with Crippen molar-refractivity contribution < 1.29 is 14.3 Å². The van der Waals surface area contributed by atoms with Crippen molar-refractivity contribution >= 4 is 29.5 Å². The largest absolute Gasteiger partial charge is 0.385 e. The quantitative estimate of drug-likeness (QED) is 0.421. The van der Waals surface area contributed by atoms with Crippen LogP contribution in [-0.4, -0.2) is 84.4 Å². The van der Waals surface area contributed by atoms with E-state index in [-0.39, 0.29) is 11.8 Å². The number of aryl methyl sites for hydroxylation is 2. The van der Waals surface area contributed by atoms with E-state index in [0.717, 1.165) is 37.1 Å². The van der Waals surface area contributed by atoms with Crippen molar-refractivity contribution in [2.75, 3.05) is 53.0 Å². The van der Waals surface area contributed by atoms with E-state index in [1.807, 2.05) is 6.92 Å². The van der Waals surface area contributed by atoms with E-state index in [2.05, 4.69) is 22.2 Å². The highest BCUT2D eigenvalue weighted by atomic mass is 35.5. The number of hydrogen-bond donors (Lipinski definition) is 1. The summed E-state index contributed by atoms with van der Waals surface area (Å²) in [6.07, 6.45) is 6.21. The summed E-state index contributed by atoms with van der Waals surface area (Å²) in [6, 6.07) is 0. The molecule has 0 bridgehead atoms. The monoisotopic (exact) mass is 439 g/mol. The normalized spacial score (nSPS) is 15.1. The Morgan fingerprint density at radius 3 is 2.63 bits per heavy atom. The third-order valence-corrected chi connectivity index (χ3v) is 5.52. The molecule has 0 aromatic carbocycles. The van der Waals surface area contributed by atoms with Gasteiger partial charge in [0.15, 0.2) is 0 Å². The Morgan fingerprint density at radius 2 is 1.97 bits per heavy atom. The zero-order chi connectivity index (χ0) is 21.9. The summed E-state index contributed by atoms with van der Waals surface area (Å²) in [5.41, 5.74) is 1.62. The summed E-state index contributed by atoms with van der Waals surface area (Å²) in [4.78, 5) is 28.4. The fourth-order valence-corrected chi connectivity index (χ4v) is 3.62. The van der Waals surface area contributed by atoms with Gasteiger partial charge in [0.05, 0.1) is 12.2 Å². The van der Waals surface area contributed by atoms with Crippen molar-refractivity contribution in [3.63, 3.8) is 0 Å². The molecule has 0 saturated carbocycles. The van der Waals surface area contributed by atoms with E-state index in [0.29, 0.717) is 51.0 Å². The Balaban J connectivity index is 1.79. The highest BCUT2D eigenvalue weighted by Crippen LogP contribution is 2.22. The summed E-state index contributed by atoms with van der Waals surface area (Å²) in [6.45, 7) is 8.98. The Kier molecular flexibility index (Phi) is 10.3. The number of aromatic nitrogens is 2. The molecule has 1 fully saturated rings. The van der Waals surface area contributed by atoms with Crippen LogP contribution in [0, 0.1) is 6.92 Å². The first-order chi connectivity index (χ1) is 14.5. The van der Waals surface area contributed by atoms with Gasteiger partial charge in [-0.2, -0.15) is 5.10 Å². The first kappa shape index (κ1) is 24.4. The number of nitrogens with zero attached hydrogens (tertiary/aromatic N) is 4. The molecule has 30 heavy (non-hydrogen) atoms. The summed E-state index contributed by atoms with van der Waals surface area (Å²) in [5.74, 6) is -0.0357. The van der Waals surface area contributed by atoms with Crippen LogP contribution in [0.15, 0.2) is 6.08 Å². The first-order valence-corrected chi connectivity index (χ1v) is 11.0. The topological polar surface area (TPSA) is 79.7 Å². The van der Waals surface area contributed by atoms with E-state index < -0.39 is 0 Å². The SMILES string of the molecule is CCCCn1nc(C)c(/C=C/C(=O)N2CCN(CC(=O)NCCCOC)CC2)c1Cl. The van der Waals surface area contributed by atoms with E-state index in [4.69, 9.17) is 16.3 Å². The van der Waals surface area contributed by atoms with Crippen LogP contribution in [0.3, 0.4) is 0 Å². The van der Waals surface area contributed by atoms with Gasteiger partial charge in [-0.25, -0.2) is 0 Å². The fourth-order valence-electron chi connectivity index (χ4n) is 3.30. The third-order valence-electron chi connectivity index (χ3n) is 5.12. The van der Waals surface area contributed by atoms with Crippen LogP contribution < -0.4 is 5.32 Å². The number of halogens is 1. The van der Waals surface area contributed by atoms with Crippen LogP contribution in [0.5, 0.6) is 0 Å². The maximum absolute atomic E-state index is 12.6. The fraction of sp³-hybridized carbons (Fsp3) is 0.667. The highest BCUT2D eigenvalue weighted by molar-refractivity contribution is 6.31. The summed E-state index contributed by atoms with van der Waals surface area (Å²) < 4.78 is 6.76. The van der Waals surface area contributed by atoms with Crippen LogP contribution in [0.2, 0.25) is 5.15 Å². The average Bonchev–Trinajstić information content (AvgIpc) is 3.01. The molecule has 168 valence electrons. The van der Waals surface area contributed by atoms with Gasteiger partial charge < -0.3 is 15.0 Å². The van der Waals surface area contributed by atoms with Gasteiger partial charge in [0, 0.05) is 64.6 Å². The number of carbonyl (C=O) groups is 2. The maximum Gasteiger partial charge on any atom is 0.246 e. The second-order valence-electron chi connectivity index (χ2n) is 7.50. The van der Waals surface area contributed by atoms with E-state index in [1.54, 1.807) is 28.8 Å². The van der Waals surface area contributed by atoms with Gasteiger partial charge in [0.2, 0.25) is 11.8 Å². The van der Waals surface area contributed by atoms with Crippen molar-refractivity contribution in [1.82, 2.24) is 24.9 Å². The zero-order valence-corrected chi connectivity index (χ0v) is 19.1. The molecular weight excluding hydrogens is 406 g/mol. The molecule has 0 atom stereocenters. The number of rotatable bonds is 11. The second-order valence-corrected chi connectivity index (χ2v) is 7.86. The number of hydrogen-bond acceptors (Lipinski definition) is 5. The number of carbonyl (C=O) groups excluding carboxylic acids is 2. The molecule has 1 aromatic heterocycles. The zero-order valence-electron chi connectivity index (χ0n) is 18.3. The molecule has 0 aliphatic carbocycles. The molecule has 9 heteroatoms. The minimum Gasteiger partial charge on any atom is -0.385 e. The molecule has 0 unspecified atom stereocenters.